The zero-order valence-electron chi connectivity index (χ0n) is 12.1. The first-order valence-corrected chi connectivity index (χ1v) is 7.94. The van der Waals surface area contributed by atoms with E-state index in [1.54, 1.807) is 12.1 Å². The fourth-order valence-electron chi connectivity index (χ4n) is 2.93. The Bertz CT molecular complexity index is 675. The van der Waals surface area contributed by atoms with Crippen LogP contribution >= 0.6 is 11.3 Å². The van der Waals surface area contributed by atoms with Crippen molar-refractivity contribution in [3.63, 3.8) is 0 Å². The minimum absolute atomic E-state index is 0.121. The van der Waals surface area contributed by atoms with Gasteiger partial charge in [0.25, 0.3) is 5.91 Å². The third-order valence-electron chi connectivity index (χ3n) is 4.00. The SMILES string of the molecule is CN1CC[C@H](NC(=O)c2cccs2)[C@@H]1c1ccc(F)c(F)c1. The van der Waals surface area contributed by atoms with E-state index in [1.165, 1.54) is 17.4 Å². The molecule has 0 unspecified atom stereocenters. The van der Waals surface area contributed by atoms with E-state index in [4.69, 9.17) is 0 Å². The molecule has 0 radical (unpaired) electrons. The standard InChI is InChI=1S/C16H16F2N2OS/c1-20-7-6-13(19-16(21)14-3-2-8-22-14)15(20)10-4-5-11(17)12(18)9-10/h2-5,8-9,13,15H,6-7H2,1H3,(H,19,21)/t13-,15-/m0/s1. The minimum atomic E-state index is -0.860. The molecule has 0 aliphatic carbocycles. The van der Waals surface area contributed by atoms with Crippen LogP contribution in [-0.4, -0.2) is 30.4 Å². The van der Waals surface area contributed by atoms with Crippen molar-refractivity contribution < 1.29 is 13.6 Å². The van der Waals surface area contributed by atoms with Crippen LogP contribution < -0.4 is 5.32 Å². The summed E-state index contributed by atoms with van der Waals surface area (Å²) in [7, 11) is 1.92. The first kappa shape index (κ1) is 15.1. The molecule has 1 amide bonds. The Hall–Kier alpha value is -1.79. The van der Waals surface area contributed by atoms with Crippen LogP contribution in [0.3, 0.4) is 0 Å². The predicted molar refractivity (Wildman–Crippen MR) is 81.9 cm³/mol. The number of likely N-dealkylation sites (tertiary alicyclic amines) is 1. The Labute approximate surface area is 131 Å². The molecular formula is C16H16F2N2OS. The van der Waals surface area contributed by atoms with E-state index in [9.17, 15) is 13.6 Å². The van der Waals surface area contributed by atoms with E-state index in [-0.39, 0.29) is 18.0 Å². The van der Waals surface area contributed by atoms with Gasteiger partial charge in [-0.15, -0.1) is 11.3 Å². The smallest absolute Gasteiger partial charge is 0.261 e. The van der Waals surface area contributed by atoms with Gasteiger partial charge >= 0.3 is 0 Å². The van der Waals surface area contributed by atoms with Crippen LogP contribution in [0.1, 0.15) is 27.7 Å². The second-order valence-electron chi connectivity index (χ2n) is 5.44. The Kier molecular flexibility index (Phi) is 4.22. The summed E-state index contributed by atoms with van der Waals surface area (Å²) in [6.45, 7) is 0.791. The molecule has 1 aromatic heterocycles. The van der Waals surface area contributed by atoms with Gasteiger partial charge in [0.05, 0.1) is 17.0 Å². The zero-order valence-corrected chi connectivity index (χ0v) is 12.9. The maximum Gasteiger partial charge on any atom is 0.261 e. The van der Waals surface area contributed by atoms with Gasteiger partial charge in [0, 0.05) is 6.54 Å². The highest BCUT2D eigenvalue weighted by Gasteiger charge is 2.34. The van der Waals surface area contributed by atoms with E-state index < -0.39 is 11.6 Å². The monoisotopic (exact) mass is 322 g/mol. The Morgan fingerprint density at radius 1 is 1.32 bits per heavy atom. The highest BCUT2D eigenvalue weighted by atomic mass is 32.1. The highest BCUT2D eigenvalue weighted by Crippen LogP contribution is 2.32. The van der Waals surface area contributed by atoms with Gasteiger partial charge in [0.15, 0.2) is 11.6 Å². The van der Waals surface area contributed by atoms with Gasteiger partial charge in [-0.3, -0.25) is 9.69 Å². The summed E-state index contributed by atoms with van der Waals surface area (Å²) in [6.07, 6.45) is 0.775. The molecule has 1 N–H and O–H groups in total. The largest absolute Gasteiger partial charge is 0.347 e. The van der Waals surface area contributed by atoms with Gasteiger partial charge in [-0.2, -0.15) is 0 Å². The number of halogens is 2. The summed E-state index contributed by atoms with van der Waals surface area (Å²) >= 11 is 1.38. The first-order valence-electron chi connectivity index (χ1n) is 7.06. The van der Waals surface area contributed by atoms with Crippen molar-refractivity contribution in [1.29, 1.82) is 0 Å². The Morgan fingerprint density at radius 3 is 2.82 bits per heavy atom. The maximum atomic E-state index is 13.5. The molecule has 6 heteroatoms. The van der Waals surface area contributed by atoms with E-state index in [2.05, 4.69) is 5.32 Å². The number of nitrogens with zero attached hydrogens (tertiary/aromatic N) is 1. The fourth-order valence-corrected chi connectivity index (χ4v) is 3.56. The van der Waals surface area contributed by atoms with Gasteiger partial charge in [0.1, 0.15) is 0 Å². The van der Waals surface area contributed by atoms with Gasteiger partial charge in [-0.1, -0.05) is 12.1 Å². The third-order valence-corrected chi connectivity index (χ3v) is 4.86. The summed E-state index contributed by atoms with van der Waals surface area (Å²) in [5, 5.41) is 4.86. The summed E-state index contributed by atoms with van der Waals surface area (Å²) in [6, 6.07) is 7.25. The molecule has 2 heterocycles. The summed E-state index contributed by atoms with van der Waals surface area (Å²) in [4.78, 5) is 14.9. The van der Waals surface area contributed by atoms with E-state index >= 15 is 0 Å². The van der Waals surface area contributed by atoms with Crippen molar-refractivity contribution in [3.8, 4) is 0 Å². The van der Waals surface area contributed by atoms with Crippen LogP contribution in [0, 0.1) is 11.6 Å². The van der Waals surface area contributed by atoms with Gasteiger partial charge in [-0.05, 0) is 42.6 Å². The van der Waals surface area contributed by atoms with Crippen LogP contribution in [-0.2, 0) is 0 Å². The molecule has 1 aliphatic rings. The van der Waals surface area contributed by atoms with Gasteiger partial charge < -0.3 is 5.32 Å². The lowest BCUT2D eigenvalue weighted by Crippen LogP contribution is -2.38. The molecule has 2 atom stereocenters. The summed E-state index contributed by atoms with van der Waals surface area (Å²) < 4.78 is 26.6. The maximum absolute atomic E-state index is 13.5. The van der Waals surface area contributed by atoms with Gasteiger partial charge in [0.2, 0.25) is 0 Å². The Morgan fingerprint density at radius 2 is 2.14 bits per heavy atom. The molecule has 0 bridgehead atoms. The number of hydrogen-bond acceptors (Lipinski definition) is 3. The van der Waals surface area contributed by atoms with Crippen molar-refractivity contribution in [2.75, 3.05) is 13.6 Å². The number of carbonyl (C=O) groups is 1. The Balaban J connectivity index is 1.81. The zero-order chi connectivity index (χ0) is 15.7. The summed E-state index contributed by atoms with van der Waals surface area (Å²) in [5.41, 5.74) is 0.676. The molecule has 1 aromatic carbocycles. The molecule has 0 saturated carbocycles. The summed E-state index contributed by atoms with van der Waals surface area (Å²) in [5.74, 6) is -1.84. The topological polar surface area (TPSA) is 32.3 Å². The molecule has 116 valence electrons. The minimum Gasteiger partial charge on any atom is -0.347 e. The second-order valence-corrected chi connectivity index (χ2v) is 6.39. The lowest BCUT2D eigenvalue weighted by atomic mass is 10.00. The average Bonchev–Trinajstić information content (AvgIpc) is 3.13. The molecule has 3 rings (SSSR count). The molecule has 1 aliphatic heterocycles. The third kappa shape index (κ3) is 2.89. The van der Waals surface area contributed by atoms with Crippen LogP contribution in [0.15, 0.2) is 35.7 Å². The molecule has 22 heavy (non-hydrogen) atoms. The molecule has 2 aromatic rings. The molecule has 1 fully saturated rings. The number of carbonyl (C=O) groups excluding carboxylic acids is 1. The highest BCUT2D eigenvalue weighted by molar-refractivity contribution is 7.12. The van der Waals surface area contributed by atoms with Crippen LogP contribution in [0.4, 0.5) is 8.78 Å². The second kappa shape index (κ2) is 6.14. The van der Waals surface area contributed by atoms with E-state index in [1.807, 2.05) is 23.4 Å². The van der Waals surface area contributed by atoms with Crippen molar-refractivity contribution in [3.05, 3.63) is 57.8 Å². The van der Waals surface area contributed by atoms with E-state index in [0.717, 1.165) is 19.0 Å². The predicted octanol–water partition coefficient (Wildman–Crippen LogP) is 3.20. The number of hydrogen-bond donors (Lipinski definition) is 1. The van der Waals surface area contributed by atoms with Crippen molar-refractivity contribution in [2.24, 2.45) is 0 Å². The number of thiophene rings is 1. The average molecular weight is 322 g/mol. The normalized spacial score (nSPS) is 22.0. The van der Waals surface area contributed by atoms with Gasteiger partial charge in [-0.25, -0.2) is 8.78 Å². The molecule has 3 nitrogen and oxygen atoms in total. The number of nitrogens with one attached hydrogen (secondary N) is 1. The van der Waals surface area contributed by atoms with Crippen LogP contribution in [0.2, 0.25) is 0 Å². The van der Waals surface area contributed by atoms with Crippen LogP contribution in [0.5, 0.6) is 0 Å². The number of rotatable bonds is 3. The number of benzene rings is 1. The fraction of sp³-hybridized carbons (Fsp3) is 0.312. The number of likely N-dealkylation sites (N-methyl/N-ethyl adjacent to an activating group) is 1. The van der Waals surface area contributed by atoms with Crippen molar-refractivity contribution in [2.45, 2.75) is 18.5 Å². The molecule has 0 spiro atoms. The number of amides is 1. The quantitative estimate of drug-likeness (QED) is 0.941. The lowest BCUT2D eigenvalue weighted by molar-refractivity contribution is 0.0932. The van der Waals surface area contributed by atoms with Crippen LogP contribution in [0.25, 0.3) is 0 Å². The van der Waals surface area contributed by atoms with E-state index in [0.29, 0.717) is 10.4 Å². The molecular weight excluding hydrogens is 306 g/mol. The van der Waals surface area contributed by atoms with Crippen molar-refractivity contribution in [1.82, 2.24) is 10.2 Å². The molecule has 1 saturated heterocycles. The van der Waals surface area contributed by atoms with Crippen molar-refractivity contribution >= 4 is 17.2 Å². The first-order chi connectivity index (χ1) is 10.6. The lowest BCUT2D eigenvalue weighted by Gasteiger charge is -2.26.